The van der Waals surface area contributed by atoms with Crippen molar-refractivity contribution in [1.82, 2.24) is 10.2 Å². The maximum atomic E-state index is 13.1. The average molecular weight is 499 g/mol. The summed E-state index contributed by atoms with van der Waals surface area (Å²) in [5.41, 5.74) is 1.54. The van der Waals surface area contributed by atoms with Crippen molar-refractivity contribution in [3.8, 4) is 11.5 Å². The lowest BCUT2D eigenvalue weighted by Gasteiger charge is -2.29. The molecule has 34 heavy (non-hydrogen) atoms. The van der Waals surface area contributed by atoms with Gasteiger partial charge in [0.2, 0.25) is 11.8 Å². The van der Waals surface area contributed by atoms with Gasteiger partial charge in [0, 0.05) is 25.4 Å². The zero-order chi connectivity index (χ0) is 25.1. The van der Waals surface area contributed by atoms with Crippen LogP contribution < -0.4 is 14.8 Å². The van der Waals surface area contributed by atoms with Crippen molar-refractivity contribution < 1.29 is 32.2 Å². The first kappa shape index (κ1) is 27.4. The quantitative estimate of drug-likeness (QED) is 0.443. The second-order valence-electron chi connectivity index (χ2n) is 7.55. The molecule has 2 amide bonds. The highest BCUT2D eigenvalue weighted by Gasteiger charge is 2.26. The smallest absolute Gasteiger partial charge is 0.389 e. The van der Waals surface area contributed by atoms with Gasteiger partial charge in [-0.05, 0) is 23.3 Å². The lowest BCUT2D eigenvalue weighted by molar-refractivity contribution is -0.132. The maximum Gasteiger partial charge on any atom is 0.389 e. The van der Waals surface area contributed by atoms with Gasteiger partial charge in [-0.1, -0.05) is 30.3 Å². The van der Waals surface area contributed by atoms with E-state index < -0.39 is 18.6 Å². The van der Waals surface area contributed by atoms with Gasteiger partial charge >= 0.3 is 6.18 Å². The molecule has 0 fully saturated rings. The fraction of sp³-hybridized carbons (Fsp3) is 0.417. The number of carbonyl (C=O) groups is 2. The number of hydrogen-bond donors (Lipinski definition) is 1. The van der Waals surface area contributed by atoms with Crippen molar-refractivity contribution in [2.24, 2.45) is 0 Å². The topological polar surface area (TPSA) is 67.9 Å². The molecule has 2 rings (SSSR count). The summed E-state index contributed by atoms with van der Waals surface area (Å²) in [6.07, 6.45) is -5.09. The molecule has 0 radical (unpaired) electrons. The number of nitrogens with zero attached hydrogens (tertiary/aromatic N) is 1. The van der Waals surface area contributed by atoms with Gasteiger partial charge in [-0.2, -0.15) is 24.9 Å². The summed E-state index contributed by atoms with van der Waals surface area (Å²) in [6, 6.07) is 14.0. The average Bonchev–Trinajstić information content (AvgIpc) is 2.81. The van der Waals surface area contributed by atoms with Crippen molar-refractivity contribution >= 4 is 23.6 Å². The van der Waals surface area contributed by atoms with Crippen LogP contribution in [0.25, 0.3) is 0 Å². The largest absolute Gasteiger partial charge is 0.497 e. The highest BCUT2D eigenvalue weighted by Crippen LogP contribution is 2.25. The number of thioether (sulfide) groups is 1. The Morgan fingerprint density at radius 3 is 2.24 bits per heavy atom. The van der Waals surface area contributed by atoms with E-state index in [1.165, 1.54) is 14.2 Å². The number of amides is 2. The molecule has 0 spiro atoms. The predicted molar refractivity (Wildman–Crippen MR) is 126 cm³/mol. The van der Waals surface area contributed by atoms with Gasteiger partial charge in [0.05, 0.1) is 38.9 Å². The first-order valence-corrected chi connectivity index (χ1v) is 11.7. The molecular formula is C24H29F3N2O4S. The standard InChI is InChI=1S/C24H29F3N2O4S/c1-29(23(31)13-17-11-19(32-2)14-20(12-17)33-3)21(18-7-5-4-6-8-18)15-28-22(30)16-34-10-9-24(25,26)27/h4-8,11-12,14,21H,9-10,13,15-16H2,1-3H3,(H,28,30). The second kappa shape index (κ2) is 13.1. The summed E-state index contributed by atoms with van der Waals surface area (Å²) in [6.45, 7) is 0.131. The molecule has 0 aliphatic rings. The Balaban J connectivity index is 2.04. The van der Waals surface area contributed by atoms with E-state index in [2.05, 4.69) is 5.32 Å². The third-order valence-electron chi connectivity index (χ3n) is 5.07. The Hall–Kier alpha value is -2.88. The highest BCUT2D eigenvalue weighted by molar-refractivity contribution is 7.99. The van der Waals surface area contributed by atoms with Crippen LogP contribution in [0.1, 0.15) is 23.6 Å². The van der Waals surface area contributed by atoms with Crippen LogP contribution in [0.5, 0.6) is 11.5 Å². The summed E-state index contributed by atoms with van der Waals surface area (Å²) >= 11 is 0.923. The molecule has 1 unspecified atom stereocenters. The van der Waals surface area contributed by atoms with Gasteiger partial charge in [0.15, 0.2) is 0 Å². The molecule has 1 N–H and O–H groups in total. The van der Waals surface area contributed by atoms with Crippen molar-refractivity contribution in [2.75, 3.05) is 39.3 Å². The molecule has 0 saturated carbocycles. The second-order valence-corrected chi connectivity index (χ2v) is 8.66. The molecular weight excluding hydrogens is 469 g/mol. The van der Waals surface area contributed by atoms with Crippen LogP contribution in [0.2, 0.25) is 0 Å². The van der Waals surface area contributed by atoms with Gasteiger partial charge in [-0.25, -0.2) is 0 Å². The fourth-order valence-corrected chi connectivity index (χ4v) is 4.02. The van der Waals surface area contributed by atoms with Crippen LogP contribution in [0.15, 0.2) is 48.5 Å². The number of benzene rings is 2. The minimum atomic E-state index is -4.24. The lowest BCUT2D eigenvalue weighted by atomic mass is 10.0. The van der Waals surface area contributed by atoms with Crippen molar-refractivity contribution in [1.29, 1.82) is 0 Å². The van der Waals surface area contributed by atoms with E-state index >= 15 is 0 Å². The van der Waals surface area contributed by atoms with Crippen LogP contribution in [0, 0.1) is 0 Å². The Morgan fingerprint density at radius 1 is 1.06 bits per heavy atom. The van der Waals surface area contributed by atoms with Crippen LogP contribution >= 0.6 is 11.8 Å². The molecule has 0 aliphatic carbocycles. The minimum absolute atomic E-state index is 0.0845. The number of rotatable bonds is 12. The number of ether oxygens (including phenoxy) is 2. The minimum Gasteiger partial charge on any atom is -0.497 e. The maximum absolute atomic E-state index is 13.1. The third kappa shape index (κ3) is 9.17. The molecule has 10 heteroatoms. The number of carbonyl (C=O) groups excluding carboxylic acids is 2. The summed E-state index contributed by atoms with van der Waals surface area (Å²) in [5, 5.41) is 2.74. The lowest BCUT2D eigenvalue weighted by Crippen LogP contribution is -2.40. The monoisotopic (exact) mass is 498 g/mol. The number of hydrogen-bond acceptors (Lipinski definition) is 5. The van der Waals surface area contributed by atoms with E-state index in [1.807, 2.05) is 30.3 Å². The summed E-state index contributed by atoms with van der Waals surface area (Å²) in [4.78, 5) is 26.8. The predicted octanol–water partition coefficient (Wildman–Crippen LogP) is 4.25. The highest BCUT2D eigenvalue weighted by atomic mass is 32.2. The zero-order valence-corrected chi connectivity index (χ0v) is 20.2. The summed E-state index contributed by atoms with van der Waals surface area (Å²) in [5.74, 6) is 0.309. The van der Waals surface area contributed by atoms with Crippen molar-refractivity contribution in [2.45, 2.75) is 25.1 Å². The Labute approximate surface area is 201 Å². The summed E-state index contributed by atoms with van der Waals surface area (Å²) in [7, 11) is 4.71. The van der Waals surface area contributed by atoms with E-state index in [1.54, 1.807) is 30.1 Å². The van der Waals surface area contributed by atoms with E-state index in [4.69, 9.17) is 9.47 Å². The number of halogens is 3. The van der Waals surface area contributed by atoms with Crippen LogP contribution in [0.3, 0.4) is 0 Å². The van der Waals surface area contributed by atoms with Crippen LogP contribution in [0.4, 0.5) is 13.2 Å². The number of alkyl halides is 3. The fourth-order valence-electron chi connectivity index (χ4n) is 3.21. The van der Waals surface area contributed by atoms with E-state index in [0.717, 1.165) is 17.3 Å². The Kier molecular flexibility index (Phi) is 10.6. The number of nitrogens with one attached hydrogen (secondary N) is 1. The number of likely N-dealkylation sites (N-methyl/N-ethyl adjacent to an activating group) is 1. The normalized spacial score (nSPS) is 12.1. The van der Waals surface area contributed by atoms with E-state index in [0.29, 0.717) is 17.1 Å². The SMILES string of the molecule is COc1cc(CC(=O)N(C)C(CNC(=O)CSCCC(F)(F)F)c2ccccc2)cc(OC)c1. The summed E-state index contributed by atoms with van der Waals surface area (Å²) < 4.78 is 47.3. The van der Waals surface area contributed by atoms with Crippen LogP contribution in [-0.2, 0) is 16.0 Å². The van der Waals surface area contributed by atoms with Gasteiger partial charge in [-0.3, -0.25) is 9.59 Å². The first-order chi connectivity index (χ1) is 16.1. The molecule has 2 aromatic rings. The van der Waals surface area contributed by atoms with Gasteiger partial charge in [0.1, 0.15) is 11.5 Å². The molecule has 2 aromatic carbocycles. The molecule has 1 atom stereocenters. The molecule has 0 heterocycles. The third-order valence-corrected chi connectivity index (χ3v) is 6.03. The molecule has 0 bridgehead atoms. The van der Waals surface area contributed by atoms with E-state index in [-0.39, 0.29) is 36.3 Å². The molecule has 0 aromatic heterocycles. The molecule has 0 saturated heterocycles. The molecule has 0 aliphatic heterocycles. The molecule has 186 valence electrons. The Bertz CT molecular complexity index is 919. The van der Waals surface area contributed by atoms with Crippen LogP contribution in [-0.4, -0.2) is 62.2 Å². The first-order valence-electron chi connectivity index (χ1n) is 10.6. The Morgan fingerprint density at radius 2 is 1.68 bits per heavy atom. The van der Waals surface area contributed by atoms with Crippen molar-refractivity contribution in [3.05, 3.63) is 59.7 Å². The van der Waals surface area contributed by atoms with Crippen molar-refractivity contribution in [3.63, 3.8) is 0 Å². The van der Waals surface area contributed by atoms with Gasteiger partial charge in [0.25, 0.3) is 0 Å². The zero-order valence-electron chi connectivity index (χ0n) is 19.4. The van der Waals surface area contributed by atoms with E-state index in [9.17, 15) is 22.8 Å². The van der Waals surface area contributed by atoms with Gasteiger partial charge in [-0.15, -0.1) is 0 Å². The number of methoxy groups -OCH3 is 2. The van der Waals surface area contributed by atoms with Gasteiger partial charge < -0.3 is 19.7 Å². The molecule has 6 nitrogen and oxygen atoms in total.